The SMILES string of the molecule is CNCc1[nH]c2cc(Cl)c(OC)cc2c1C. The Morgan fingerprint density at radius 3 is 2.81 bits per heavy atom. The first-order valence-corrected chi connectivity index (χ1v) is 5.54. The van der Waals surface area contributed by atoms with E-state index in [0.717, 1.165) is 17.4 Å². The van der Waals surface area contributed by atoms with Crippen molar-refractivity contribution in [3.05, 3.63) is 28.4 Å². The van der Waals surface area contributed by atoms with Gasteiger partial charge in [0.2, 0.25) is 0 Å². The molecule has 3 nitrogen and oxygen atoms in total. The van der Waals surface area contributed by atoms with Crippen molar-refractivity contribution in [1.82, 2.24) is 10.3 Å². The third kappa shape index (κ3) is 1.77. The van der Waals surface area contributed by atoms with Crippen molar-refractivity contribution in [1.29, 1.82) is 0 Å². The zero-order valence-corrected chi connectivity index (χ0v) is 10.4. The number of ether oxygens (including phenoxy) is 1. The number of halogens is 1. The molecular formula is C12H15ClN2O. The Morgan fingerprint density at radius 2 is 2.19 bits per heavy atom. The summed E-state index contributed by atoms with van der Waals surface area (Å²) in [6.07, 6.45) is 0. The van der Waals surface area contributed by atoms with Crippen LogP contribution in [0.5, 0.6) is 5.75 Å². The predicted molar refractivity (Wildman–Crippen MR) is 67.4 cm³/mol. The third-order valence-electron chi connectivity index (χ3n) is 2.79. The topological polar surface area (TPSA) is 37.0 Å². The number of hydrogen-bond acceptors (Lipinski definition) is 2. The number of aromatic amines is 1. The van der Waals surface area contributed by atoms with Crippen molar-refractivity contribution in [2.24, 2.45) is 0 Å². The second kappa shape index (κ2) is 4.36. The van der Waals surface area contributed by atoms with Crippen molar-refractivity contribution in [3.8, 4) is 5.75 Å². The number of rotatable bonds is 3. The molecule has 0 atom stereocenters. The Bertz CT molecular complexity index is 519. The average molecular weight is 239 g/mol. The monoisotopic (exact) mass is 238 g/mol. The molecule has 0 radical (unpaired) electrons. The molecule has 0 amide bonds. The highest BCUT2D eigenvalue weighted by molar-refractivity contribution is 6.32. The van der Waals surface area contributed by atoms with E-state index in [2.05, 4.69) is 17.2 Å². The highest BCUT2D eigenvalue weighted by Crippen LogP contribution is 2.32. The van der Waals surface area contributed by atoms with Crippen LogP contribution < -0.4 is 10.1 Å². The van der Waals surface area contributed by atoms with E-state index in [1.165, 1.54) is 11.3 Å². The van der Waals surface area contributed by atoms with Crippen LogP contribution in [0.2, 0.25) is 5.02 Å². The first kappa shape index (κ1) is 11.3. The Hall–Kier alpha value is -1.19. The van der Waals surface area contributed by atoms with Gasteiger partial charge in [0.25, 0.3) is 0 Å². The lowest BCUT2D eigenvalue weighted by atomic mass is 10.1. The smallest absolute Gasteiger partial charge is 0.138 e. The van der Waals surface area contributed by atoms with Crippen LogP contribution in [0.15, 0.2) is 12.1 Å². The minimum Gasteiger partial charge on any atom is -0.495 e. The molecule has 0 spiro atoms. The van der Waals surface area contributed by atoms with E-state index in [-0.39, 0.29) is 0 Å². The second-order valence-electron chi connectivity index (χ2n) is 3.79. The van der Waals surface area contributed by atoms with Crippen LogP contribution in [0.1, 0.15) is 11.3 Å². The predicted octanol–water partition coefficient (Wildman–Crippen LogP) is 2.86. The Morgan fingerprint density at radius 1 is 1.44 bits per heavy atom. The first-order chi connectivity index (χ1) is 7.67. The van der Waals surface area contributed by atoms with Crippen molar-refractivity contribution in [3.63, 3.8) is 0 Å². The highest BCUT2D eigenvalue weighted by Gasteiger charge is 2.10. The normalized spacial score (nSPS) is 11.0. The summed E-state index contributed by atoms with van der Waals surface area (Å²) in [6, 6.07) is 3.88. The van der Waals surface area contributed by atoms with Gasteiger partial charge in [0, 0.05) is 23.1 Å². The van der Waals surface area contributed by atoms with Gasteiger partial charge in [-0.3, -0.25) is 0 Å². The van der Waals surface area contributed by atoms with E-state index in [4.69, 9.17) is 16.3 Å². The number of hydrogen-bond donors (Lipinski definition) is 2. The van der Waals surface area contributed by atoms with E-state index in [1.807, 2.05) is 19.2 Å². The van der Waals surface area contributed by atoms with Gasteiger partial charge in [-0.1, -0.05) is 11.6 Å². The second-order valence-corrected chi connectivity index (χ2v) is 4.20. The van der Waals surface area contributed by atoms with Gasteiger partial charge in [-0.2, -0.15) is 0 Å². The fraction of sp³-hybridized carbons (Fsp3) is 0.333. The Kier molecular flexibility index (Phi) is 3.08. The molecule has 1 heterocycles. The Balaban J connectivity index is 2.63. The Labute approximate surface area is 99.7 Å². The molecule has 1 aromatic carbocycles. The third-order valence-corrected chi connectivity index (χ3v) is 3.08. The number of aromatic nitrogens is 1. The van der Waals surface area contributed by atoms with Gasteiger partial charge in [0.15, 0.2) is 0 Å². The molecule has 0 aliphatic rings. The zero-order valence-electron chi connectivity index (χ0n) is 9.65. The molecule has 2 aromatic rings. The fourth-order valence-electron chi connectivity index (χ4n) is 1.90. The lowest BCUT2D eigenvalue weighted by Crippen LogP contribution is -2.06. The molecule has 4 heteroatoms. The maximum absolute atomic E-state index is 6.08. The van der Waals surface area contributed by atoms with E-state index in [1.54, 1.807) is 7.11 Å². The summed E-state index contributed by atoms with van der Waals surface area (Å²) in [5, 5.41) is 4.92. The summed E-state index contributed by atoms with van der Waals surface area (Å²) in [5.41, 5.74) is 3.47. The maximum atomic E-state index is 6.08. The number of benzene rings is 1. The summed E-state index contributed by atoms with van der Waals surface area (Å²) in [5.74, 6) is 0.715. The molecule has 86 valence electrons. The van der Waals surface area contributed by atoms with Gasteiger partial charge < -0.3 is 15.0 Å². The van der Waals surface area contributed by atoms with Crippen molar-refractivity contribution >= 4 is 22.5 Å². The van der Waals surface area contributed by atoms with Crippen LogP contribution in [0.4, 0.5) is 0 Å². The molecule has 2 N–H and O–H groups in total. The lowest BCUT2D eigenvalue weighted by Gasteiger charge is -2.02. The van der Waals surface area contributed by atoms with E-state index >= 15 is 0 Å². The largest absolute Gasteiger partial charge is 0.495 e. The molecule has 0 bridgehead atoms. The van der Waals surface area contributed by atoms with Crippen LogP contribution in [0, 0.1) is 6.92 Å². The van der Waals surface area contributed by atoms with Crippen molar-refractivity contribution in [2.45, 2.75) is 13.5 Å². The van der Waals surface area contributed by atoms with Crippen LogP contribution in [-0.2, 0) is 6.54 Å². The molecule has 16 heavy (non-hydrogen) atoms. The summed E-state index contributed by atoms with van der Waals surface area (Å²) in [4.78, 5) is 3.35. The summed E-state index contributed by atoms with van der Waals surface area (Å²) in [7, 11) is 3.56. The lowest BCUT2D eigenvalue weighted by molar-refractivity contribution is 0.415. The number of fused-ring (bicyclic) bond motifs is 1. The summed E-state index contributed by atoms with van der Waals surface area (Å²) in [6.45, 7) is 2.92. The molecular weight excluding hydrogens is 224 g/mol. The van der Waals surface area contributed by atoms with Crippen LogP contribution in [-0.4, -0.2) is 19.1 Å². The molecule has 2 rings (SSSR count). The molecule has 1 aromatic heterocycles. The summed E-state index contributed by atoms with van der Waals surface area (Å²) < 4.78 is 5.22. The van der Waals surface area contributed by atoms with Gasteiger partial charge in [-0.15, -0.1) is 0 Å². The molecule has 0 saturated carbocycles. The number of H-pyrrole nitrogens is 1. The van der Waals surface area contributed by atoms with Crippen LogP contribution >= 0.6 is 11.6 Å². The molecule has 0 saturated heterocycles. The first-order valence-electron chi connectivity index (χ1n) is 5.16. The van der Waals surface area contributed by atoms with Gasteiger partial charge in [0.1, 0.15) is 5.75 Å². The van der Waals surface area contributed by atoms with Gasteiger partial charge >= 0.3 is 0 Å². The van der Waals surface area contributed by atoms with Crippen LogP contribution in [0.25, 0.3) is 10.9 Å². The standard InChI is InChI=1S/C12H15ClN2O/c1-7-8-4-12(16-3)9(13)5-10(8)15-11(7)6-14-2/h4-5,14-15H,6H2,1-3H3. The van der Waals surface area contributed by atoms with Gasteiger partial charge in [-0.25, -0.2) is 0 Å². The molecule has 0 aliphatic heterocycles. The molecule has 0 aliphatic carbocycles. The zero-order chi connectivity index (χ0) is 11.7. The van der Waals surface area contributed by atoms with Gasteiger partial charge in [-0.05, 0) is 31.7 Å². The number of aryl methyl sites for hydroxylation is 1. The fourth-order valence-corrected chi connectivity index (χ4v) is 2.14. The van der Waals surface area contributed by atoms with Crippen LogP contribution in [0.3, 0.4) is 0 Å². The van der Waals surface area contributed by atoms with Gasteiger partial charge in [0.05, 0.1) is 12.1 Å². The minimum absolute atomic E-state index is 0.632. The molecule has 0 fully saturated rings. The average Bonchev–Trinajstić information content (AvgIpc) is 2.55. The molecule has 0 unspecified atom stereocenters. The van der Waals surface area contributed by atoms with E-state index in [9.17, 15) is 0 Å². The minimum atomic E-state index is 0.632. The van der Waals surface area contributed by atoms with Crippen molar-refractivity contribution < 1.29 is 4.74 Å². The number of nitrogens with one attached hydrogen (secondary N) is 2. The van der Waals surface area contributed by atoms with Crippen molar-refractivity contribution in [2.75, 3.05) is 14.2 Å². The number of methoxy groups -OCH3 is 1. The van der Waals surface area contributed by atoms with E-state index < -0.39 is 0 Å². The van der Waals surface area contributed by atoms with E-state index in [0.29, 0.717) is 10.8 Å². The highest BCUT2D eigenvalue weighted by atomic mass is 35.5. The quantitative estimate of drug-likeness (QED) is 0.863. The summed E-state index contributed by atoms with van der Waals surface area (Å²) >= 11 is 6.08. The maximum Gasteiger partial charge on any atom is 0.138 e.